The second kappa shape index (κ2) is 9.15. The largest absolute Gasteiger partial charge is 0.378 e. The summed E-state index contributed by atoms with van der Waals surface area (Å²) in [5, 5.41) is 5.84. The lowest BCUT2D eigenvalue weighted by atomic mass is 10.1. The number of hydrogen-bond donors (Lipinski definition) is 2. The van der Waals surface area contributed by atoms with Crippen LogP contribution in [0, 0.1) is 0 Å². The van der Waals surface area contributed by atoms with Crippen LogP contribution in [0.4, 0.5) is 5.13 Å². The average molecular weight is 446 g/mol. The number of nitrogens with one attached hydrogen (secondary N) is 1. The molecule has 29 heavy (non-hydrogen) atoms. The first-order valence-corrected chi connectivity index (χ1v) is 11.1. The van der Waals surface area contributed by atoms with Crippen LogP contribution in [0.15, 0.2) is 42.7 Å². The van der Waals surface area contributed by atoms with Gasteiger partial charge >= 0.3 is 0 Å². The highest BCUT2D eigenvalue weighted by Gasteiger charge is 2.17. The summed E-state index contributed by atoms with van der Waals surface area (Å²) in [5.74, 6) is 0. The molecule has 9 heteroatoms. The van der Waals surface area contributed by atoms with E-state index in [9.17, 15) is 0 Å². The number of aromatic nitrogens is 3. The highest BCUT2D eigenvalue weighted by molar-refractivity contribution is 7.26. The van der Waals surface area contributed by atoms with Gasteiger partial charge in [-0.1, -0.05) is 35.1 Å². The Kier molecular flexibility index (Phi) is 6.37. The van der Waals surface area contributed by atoms with Gasteiger partial charge < -0.3 is 15.8 Å². The molecule has 0 aliphatic heterocycles. The molecule has 0 amide bonds. The van der Waals surface area contributed by atoms with Crippen molar-refractivity contribution in [3.8, 4) is 9.88 Å². The van der Waals surface area contributed by atoms with Crippen molar-refractivity contribution in [2.45, 2.75) is 19.1 Å². The summed E-state index contributed by atoms with van der Waals surface area (Å²) >= 11 is 9.12. The number of methoxy groups -OCH3 is 1. The summed E-state index contributed by atoms with van der Waals surface area (Å²) in [6.45, 7) is 1.05. The van der Waals surface area contributed by atoms with Gasteiger partial charge in [0, 0.05) is 37.1 Å². The SMILES string of the molecule is COCc1nc(NC[C@@H](N)Cc2ccc(Cl)cc2)sc1-c1nc2ccncc2s1. The average Bonchev–Trinajstić information content (AvgIpc) is 3.32. The van der Waals surface area contributed by atoms with E-state index < -0.39 is 0 Å². The van der Waals surface area contributed by atoms with Crippen LogP contribution in [0.25, 0.3) is 20.1 Å². The van der Waals surface area contributed by atoms with Crippen molar-refractivity contribution in [1.29, 1.82) is 0 Å². The molecule has 0 spiro atoms. The molecule has 0 saturated heterocycles. The number of halogens is 1. The maximum Gasteiger partial charge on any atom is 0.183 e. The Labute approximate surface area is 181 Å². The molecular weight excluding hydrogens is 426 g/mol. The first-order valence-electron chi connectivity index (χ1n) is 9.06. The van der Waals surface area contributed by atoms with Crippen LogP contribution in [-0.2, 0) is 17.8 Å². The Balaban J connectivity index is 1.48. The molecule has 1 atom stereocenters. The molecule has 0 fully saturated rings. The van der Waals surface area contributed by atoms with Crippen molar-refractivity contribution < 1.29 is 4.74 Å². The predicted molar refractivity (Wildman–Crippen MR) is 121 cm³/mol. The highest BCUT2D eigenvalue weighted by atomic mass is 35.5. The molecule has 4 aromatic rings. The van der Waals surface area contributed by atoms with Crippen LogP contribution in [0.5, 0.6) is 0 Å². The standard InChI is InChI=1S/C20H20ClN5OS2/c1-27-11-16-18(19-25-15-6-7-23-10-17(15)28-19)29-20(26-16)24-9-14(22)8-12-2-4-13(21)5-3-12/h2-7,10,14H,8-9,11,22H2,1H3,(H,24,26)/t14-/m0/s1. The van der Waals surface area contributed by atoms with E-state index in [1.807, 2.05) is 36.5 Å². The second-order valence-electron chi connectivity index (χ2n) is 6.56. The zero-order valence-corrected chi connectivity index (χ0v) is 18.2. The molecule has 0 saturated carbocycles. The van der Waals surface area contributed by atoms with Crippen LogP contribution in [0.3, 0.4) is 0 Å². The second-order valence-corrected chi connectivity index (χ2v) is 9.03. The van der Waals surface area contributed by atoms with Gasteiger partial charge in [-0.3, -0.25) is 4.98 Å². The number of nitrogens with zero attached hydrogens (tertiary/aromatic N) is 3. The minimum Gasteiger partial charge on any atom is -0.378 e. The Morgan fingerprint density at radius 1 is 1.17 bits per heavy atom. The quantitative estimate of drug-likeness (QED) is 0.412. The van der Waals surface area contributed by atoms with Crippen molar-refractivity contribution in [3.63, 3.8) is 0 Å². The van der Waals surface area contributed by atoms with Gasteiger partial charge in [0.25, 0.3) is 0 Å². The Bertz CT molecular complexity index is 1060. The summed E-state index contributed by atoms with van der Waals surface area (Å²) in [7, 11) is 1.67. The lowest BCUT2D eigenvalue weighted by Crippen LogP contribution is -2.31. The van der Waals surface area contributed by atoms with Gasteiger partial charge in [0.2, 0.25) is 0 Å². The maximum atomic E-state index is 6.30. The van der Waals surface area contributed by atoms with Gasteiger partial charge in [-0.15, -0.1) is 11.3 Å². The molecule has 150 valence electrons. The van der Waals surface area contributed by atoms with Crippen molar-refractivity contribution in [3.05, 3.63) is 59.0 Å². The zero-order chi connectivity index (χ0) is 20.2. The summed E-state index contributed by atoms with van der Waals surface area (Å²) < 4.78 is 6.39. The molecular formula is C20H20ClN5OS2. The number of benzene rings is 1. The summed E-state index contributed by atoms with van der Waals surface area (Å²) in [6.07, 6.45) is 4.35. The zero-order valence-electron chi connectivity index (χ0n) is 15.8. The van der Waals surface area contributed by atoms with E-state index in [4.69, 9.17) is 32.0 Å². The smallest absolute Gasteiger partial charge is 0.183 e. The first-order chi connectivity index (χ1) is 14.1. The molecule has 4 rings (SSSR count). The number of hydrogen-bond acceptors (Lipinski definition) is 8. The van der Waals surface area contributed by atoms with E-state index in [1.54, 1.807) is 36.0 Å². The van der Waals surface area contributed by atoms with Crippen molar-refractivity contribution >= 4 is 49.6 Å². The van der Waals surface area contributed by atoms with Crippen molar-refractivity contribution in [2.75, 3.05) is 19.0 Å². The fourth-order valence-corrected chi connectivity index (χ4v) is 5.05. The molecule has 0 unspecified atom stereocenters. The Morgan fingerprint density at radius 3 is 2.76 bits per heavy atom. The minimum atomic E-state index is -0.0390. The lowest BCUT2D eigenvalue weighted by Gasteiger charge is -2.12. The molecule has 0 aliphatic carbocycles. The fraction of sp³-hybridized carbons (Fsp3) is 0.250. The maximum absolute atomic E-state index is 6.30. The fourth-order valence-electron chi connectivity index (χ4n) is 2.92. The topological polar surface area (TPSA) is 86.0 Å². The number of thiazole rings is 2. The van der Waals surface area contributed by atoms with Crippen LogP contribution >= 0.6 is 34.3 Å². The monoisotopic (exact) mass is 445 g/mol. The van der Waals surface area contributed by atoms with Gasteiger partial charge in [-0.05, 0) is 30.2 Å². The van der Waals surface area contributed by atoms with Crippen LogP contribution in [0.1, 0.15) is 11.3 Å². The normalized spacial score (nSPS) is 12.4. The lowest BCUT2D eigenvalue weighted by molar-refractivity contribution is 0.182. The third-order valence-corrected chi connectivity index (χ3v) is 6.76. The third kappa shape index (κ3) is 4.91. The van der Waals surface area contributed by atoms with E-state index in [1.165, 1.54) is 0 Å². The van der Waals surface area contributed by atoms with E-state index >= 15 is 0 Å². The van der Waals surface area contributed by atoms with E-state index in [0.717, 1.165) is 47.9 Å². The van der Waals surface area contributed by atoms with Crippen LogP contribution in [0.2, 0.25) is 5.02 Å². The molecule has 1 aromatic carbocycles. The minimum absolute atomic E-state index is 0.0390. The van der Waals surface area contributed by atoms with Crippen LogP contribution < -0.4 is 11.1 Å². The Morgan fingerprint density at radius 2 is 2.00 bits per heavy atom. The number of nitrogens with two attached hydrogens (primary N) is 1. The predicted octanol–water partition coefficient (Wildman–Crippen LogP) is 4.60. The van der Waals surface area contributed by atoms with Crippen LogP contribution in [-0.4, -0.2) is 34.6 Å². The molecule has 3 aromatic heterocycles. The van der Waals surface area contributed by atoms with Gasteiger partial charge in [-0.2, -0.15) is 0 Å². The third-order valence-electron chi connectivity index (χ3n) is 4.29. The van der Waals surface area contributed by atoms with Gasteiger partial charge in [0.1, 0.15) is 5.01 Å². The molecule has 0 radical (unpaired) electrons. The number of pyridine rings is 1. The number of ether oxygens (including phenoxy) is 1. The molecule has 0 aliphatic rings. The molecule has 3 N–H and O–H groups in total. The summed E-state index contributed by atoms with van der Waals surface area (Å²) in [6, 6.07) is 9.65. The van der Waals surface area contributed by atoms with E-state index in [0.29, 0.717) is 13.2 Å². The molecule has 3 heterocycles. The number of rotatable bonds is 8. The Hall–Kier alpha value is -2.10. The molecule has 6 nitrogen and oxygen atoms in total. The van der Waals surface area contributed by atoms with Crippen molar-refractivity contribution in [1.82, 2.24) is 15.0 Å². The summed E-state index contributed by atoms with van der Waals surface area (Å²) in [5.41, 5.74) is 9.27. The van der Waals surface area contributed by atoms with Crippen molar-refractivity contribution in [2.24, 2.45) is 5.73 Å². The number of fused-ring (bicyclic) bond motifs is 1. The van der Waals surface area contributed by atoms with Gasteiger partial charge in [0.15, 0.2) is 5.13 Å². The van der Waals surface area contributed by atoms with Gasteiger partial charge in [0.05, 0.1) is 27.4 Å². The van der Waals surface area contributed by atoms with E-state index in [2.05, 4.69) is 10.3 Å². The molecule has 0 bridgehead atoms. The van der Waals surface area contributed by atoms with Gasteiger partial charge in [-0.25, -0.2) is 9.97 Å². The summed E-state index contributed by atoms with van der Waals surface area (Å²) in [4.78, 5) is 14.6. The van der Waals surface area contributed by atoms with E-state index in [-0.39, 0.29) is 6.04 Å². The highest BCUT2D eigenvalue weighted by Crippen LogP contribution is 2.37. The first kappa shape index (κ1) is 20.2. The number of anilines is 1.